The van der Waals surface area contributed by atoms with Gasteiger partial charge in [0.15, 0.2) is 0 Å². The molecule has 2 aromatic rings. The standard InChI is InChI=1S/C16H17N5O2/c1-10(22)20-15-3-2-11(5-18-15)14-6-19-16(7-17-14)21-8-12-4-13(9-21)23-12/h2-3,5-7,12-13H,4,8-9H2,1H3,(H,18,20,22). The van der Waals surface area contributed by atoms with Crippen LogP contribution in [0.2, 0.25) is 0 Å². The lowest BCUT2D eigenvalue weighted by Gasteiger charge is -2.47. The van der Waals surface area contributed by atoms with Crippen molar-refractivity contribution in [3.8, 4) is 11.3 Å². The highest BCUT2D eigenvalue weighted by atomic mass is 16.5. The lowest BCUT2D eigenvalue weighted by Crippen LogP contribution is -2.57. The number of carbonyl (C=O) groups is 1. The van der Waals surface area contributed by atoms with Crippen LogP contribution in [0.3, 0.4) is 0 Å². The van der Waals surface area contributed by atoms with Crippen molar-refractivity contribution in [3.63, 3.8) is 0 Å². The van der Waals surface area contributed by atoms with Gasteiger partial charge in [-0.2, -0.15) is 0 Å². The zero-order chi connectivity index (χ0) is 15.8. The van der Waals surface area contributed by atoms with Crippen molar-refractivity contribution in [2.24, 2.45) is 0 Å². The summed E-state index contributed by atoms with van der Waals surface area (Å²) in [5.41, 5.74) is 1.62. The highest BCUT2D eigenvalue weighted by molar-refractivity contribution is 5.87. The van der Waals surface area contributed by atoms with E-state index in [1.54, 1.807) is 24.7 Å². The van der Waals surface area contributed by atoms with Crippen molar-refractivity contribution in [1.29, 1.82) is 0 Å². The van der Waals surface area contributed by atoms with Gasteiger partial charge in [-0.1, -0.05) is 0 Å². The first kappa shape index (κ1) is 14.1. The van der Waals surface area contributed by atoms with Crippen LogP contribution in [0.5, 0.6) is 0 Å². The molecule has 2 atom stereocenters. The van der Waals surface area contributed by atoms with Crippen molar-refractivity contribution in [3.05, 3.63) is 30.7 Å². The van der Waals surface area contributed by atoms with Gasteiger partial charge in [-0.15, -0.1) is 0 Å². The quantitative estimate of drug-likeness (QED) is 0.924. The lowest BCUT2D eigenvalue weighted by atomic mass is 9.99. The van der Waals surface area contributed by atoms with Gasteiger partial charge in [0.2, 0.25) is 5.91 Å². The number of amides is 1. The molecular weight excluding hydrogens is 294 g/mol. The molecule has 7 heteroatoms. The van der Waals surface area contributed by atoms with Crippen LogP contribution in [0.25, 0.3) is 11.3 Å². The predicted molar refractivity (Wildman–Crippen MR) is 85.1 cm³/mol. The van der Waals surface area contributed by atoms with E-state index in [0.29, 0.717) is 18.0 Å². The summed E-state index contributed by atoms with van der Waals surface area (Å²) in [6.45, 7) is 3.23. The number of nitrogens with zero attached hydrogens (tertiary/aromatic N) is 4. The number of piperidine rings is 1. The van der Waals surface area contributed by atoms with Crippen LogP contribution in [0.1, 0.15) is 13.3 Å². The number of rotatable bonds is 3. The summed E-state index contributed by atoms with van der Waals surface area (Å²) in [5, 5.41) is 2.64. The molecule has 0 radical (unpaired) electrons. The Hall–Kier alpha value is -2.54. The molecule has 0 spiro atoms. The molecule has 3 saturated heterocycles. The first-order valence-electron chi connectivity index (χ1n) is 7.64. The van der Waals surface area contributed by atoms with Crippen LogP contribution in [0.15, 0.2) is 30.7 Å². The van der Waals surface area contributed by atoms with Crippen LogP contribution in [0.4, 0.5) is 11.6 Å². The Balaban J connectivity index is 1.48. The molecule has 1 N–H and O–H groups in total. The van der Waals surface area contributed by atoms with Crippen molar-refractivity contribution >= 4 is 17.5 Å². The van der Waals surface area contributed by atoms with Crippen LogP contribution >= 0.6 is 0 Å². The Bertz CT molecular complexity index is 700. The monoisotopic (exact) mass is 311 g/mol. The molecule has 3 aliphatic heterocycles. The summed E-state index contributed by atoms with van der Waals surface area (Å²) in [5.74, 6) is 1.27. The molecule has 0 aliphatic carbocycles. The van der Waals surface area contributed by atoms with Gasteiger partial charge < -0.3 is 15.0 Å². The van der Waals surface area contributed by atoms with Gasteiger partial charge in [0, 0.05) is 38.2 Å². The minimum atomic E-state index is -0.141. The first-order chi connectivity index (χ1) is 11.2. The molecule has 2 unspecified atom stereocenters. The van der Waals surface area contributed by atoms with Crippen LogP contribution in [0, 0.1) is 0 Å². The molecule has 1 amide bonds. The summed E-state index contributed by atoms with van der Waals surface area (Å²) in [4.78, 5) is 26.4. The van der Waals surface area contributed by atoms with E-state index in [0.717, 1.165) is 36.6 Å². The Labute approximate surface area is 133 Å². The first-order valence-corrected chi connectivity index (χ1v) is 7.64. The maximum atomic E-state index is 11.0. The summed E-state index contributed by atoms with van der Waals surface area (Å²) in [6.07, 6.45) is 7.09. The van der Waals surface area contributed by atoms with Crippen molar-refractivity contribution in [2.75, 3.05) is 23.3 Å². The summed E-state index contributed by atoms with van der Waals surface area (Å²) < 4.78 is 5.63. The number of pyridine rings is 1. The SMILES string of the molecule is CC(=O)Nc1ccc(-c2cnc(N3CC4CC(C3)O4)cn2)cn1. The average molecular weight is 311 g/mol. The third-order valence-corrected chi connectivity index (χ3v) is 4.08. The van der Waals surface area contributed by atoms with E-state index in [4.69, 9.17) is 4.74 Å². The molecule has 3 aliphatic rings. The van der Waals surface area contributed by atoms with Crippen molar-refractivity contribution in [1.82, 2.24) is 15.0 Å². The van der Waals surface area contributed by atoms with Gasteiger partial charge in [-0.25, -0.2) is 9.97 Å². The number of carbonyl (C=O) groups excluding carboxylic acids is 1. The number of fused-ring (bicyclic) bond motifs is 2. The molecule has 118 valence electrons. The fourth-order valence-corrected chi connectivity index (χ4v) is 2.98. The van der Waals surface area contributed by atoms with Gasteiger partial charge in [-0.05, 0) is 12.1 Å². The van der Waals surface area contributed by atoms with E-state index >= 15 is 0 Å². The topological polar surface area (TPSA) is 80.2 Å². The van der Waals surface area contributed by atoms with Gasteiger partial charge in [0.1, 0.15) is 11.6 Å². The smallest absolute Gasteiger partial charge is 0.222 e. The van der Waals surface area contributed by atoms with Crippen LogP contribution in [-0.4, -0.2) is 46.2 Å². The Morgan fingerprint density at radius 2 is 1.96 bits per heavy atom. The number of aromatic nitrogens is 3. The summed E-state index contributed by atoms with van der Waals surface area (Å²) in [6, 6.07) is 3.62. The third kappa shape index (κ3) is 2.87. The second kappa shape index (κ2) is 5.58. The fourth-order valence-electron chi connectivity index (χ4n) is 2.98. The van der Waals surface area contributed by atoms with E-state index in [2.05, 4.69) is 25.2 Å². The van der Waals surface area contributed by atoms with Gasteiger partial charge in [0.05, 0.1) is 30.3 Å². The zero-order valence-electron chi connectivity index (χ0n) is 12.8. The molecule has 23 heavy (non-hydrogen) atoms. The van der Waals surface area contributed by atoms with Gasteiger partial charge >= 0.3 is 0 Å². The largest absolute Gasteiger partial charge is 0.371 e. The number of ether oxygens (including phenoxy) is 1. The number of anilines is 2. The summed E-state index contributed by atoms with van der Waals surface area (Å²) in [7, 11) is 0. The Morgan fingerprint density at radius 3 is 2.52 bits per heavy atom. The molecule has 3 fully saturated rings. The molecule has 7 nitrogen and oxygen atoms in total. The summed E-state index contributed by atoms with van der Waals surface area (Å²) >= 11 is 0. The van der Waals surface area contributed by atoms with Crippen molar-refractivity contribution in [2.45, 2.75) is 25.6 Å². The van der Waals surface area contributed by atoms with Gasteiger partial charge in [-0.3, -0.25) is 9.78 Å². The normalized spacial score (nSPS) is 22.4. The van der Waals surface area contributed by atoms with Gasteiger partial charge in [0.25, 0.3) is 0 Å². The third-order valence-electron chi connectivity index (χ3n) is 4.08. The number of hydrogen-bond acceptors (Lipinski definition) is 6. The molecule has 5 heterocycles. The molecule has 2 aromatic heterocycles. The Morgan fingerprint density at radius 1 is 1.17 bits per heavy atom. The van der Waals surface area contributed by atoms with E-state index < -0.39 is 0 Å². The average Bonchev–Trinajstić information content (AvgIpc) is 2.55. The highest BCUT2D eigenvalue weighted by Gasteiger charge is 2.38. The maximum Gasteiger partial charge on any atom is 0.222 e. The fraction of sp³-hybridized carbons (Fsp3) is 0.375. The second-order valence-electron chi connectivity index (χ2n) is 5.89. The number of hydrogen-bond donors (Lipinski definition) is 1. The van der Waals surface area contributed by atoms with E-state index in [1.807, 2.05) is 6.07 Å². The molecule has 5 rings (SSSR count). The second-order valence-corrected chi connectivity index (χ2v) is 5.89. The van der Waals surface area contributed by atoms with Crippen LogP contribution in [-0.2, 0) is 9.53 Å². The molecule has 0 aromatic carbocycles. The number of nitrogens with one attached hydrogen (secondary N) is 1. The van der Waals surface area contributed by atoms with Crippen LogP contribution < -0.4 is 10.2 Å². The highest BCUT2D eigenvalue weighted by Crippen LogP contribution is 2.30. The zero-order valence-corrected chi connectivity index (χ0v) is 12.8. The minimum absolute atomic E-state index is 0.141. The lowest BCUT2D eigenvalue weighted by molar-refractivity contribution is -0.133. The molecular formula is C16H17N5O2. The van der Waals surface area contributed by atoms with E-state index in [9.17, 15) is 4.79 Å². The van der Waals surface area contributed by atoms with E-state index in [-0.39, 0.29) is 5.91 Å². The Kier molecular flexibility index (Phi) is 3.42. The maximum absolute atomic E-state index is 11.0. The van der Waals surface area contributed by atoms with E-state index in [1.165, 1.54) is 6.92 Å². The molecule has 0 saturated carbocycles. The minimum Gasteiger partial charge on any atom is -0.371 e. The predicted octanol–water partition coefficient (Wildman–Crippen LogP) is 1.47. The molecule has 2 bridgehead atoms. The van der Waals surface area contributed by atoms with Crippen molar-refractivity contribution < 1.29 is 9.53 Å². The number of morpholine rings is 1.